The van der Waals surface area contributed by atoms with E-state index < -0.39 is 5.41 Å². The van der Waals surface area contributed by atoms with E-state index in [4.69, 9.17) is 21.1 Å². The van der Waals surface area contributed by atoms with Gasteiger partial charge in [0.1, 0.15) is 30.6 Å². The van der Waals surface area contributed by atoms with E-state index in [1.54, 1.807) is 0 Å². The molecule has 2 radical (unpaired) electrons. The third-order valence-corrected chi connectivity index (χ3v) is 9.74. The van der Waals surface area contributed by atoms with Crippen molar-refractivity contribution in [2.75, 3.05) is 26.5 Å². The van der Waals surface area contributed by atoms with Crippen LogP contribution in [0.15, 0.2) is 91.0 Å². The van der Waals surface area contributed by atoms with Crippen molar-refractivity contribution in [2.24, 2.45) is 0 Å². The number of hydrogen-bond donors (Lipinski definition) is 0. The van der Waals surface area contributed by atoms with Crippen molar-refractivity contribution >= 4 is 11.6 Å². The summed E-state index contributed by atoms with van der Waals surface area (Å²) in [5, 5.41) is 0. The maximum absolute atomic E-state index is 15.5. The smallest absolute Gasteiger partial charge is 0.338 e. The van der Waals surface area contributed by atoms with Gasteiger partial charge in [-0.05, 0) is 30.2 Å². The van der Waals surface area contributed by atoms with Crippen molar-refractivity contribution in [3.05, 3.63) is 126 Å². The van der Waals surface area contributed by atoms with Gasteiger partial charge in [-0.2, -0.15) is 0 Å². The Labute approximate surface area is 246 Å². The molecule has 2 unspecified atom stereocenters. The van der Waals surface area contributed by atoms with Gasteiger partial charge in [-0.15, -0.1) is 0 Å². The fourth-order valence-corrected chi connectivity index (χ4v) is 7.71. The van der Waals surface area contributed by atoms with E-state index in [0.717, 1.165) is 60.4 Å². The molecule has 1 saturated heterocycles. The first-order valence-electron chi connectivity index (χ1n) is 14.8. The minimum atomic E-state index is -0.915. The van der Waals surface area contributed by atoms with Crippen LogP contribution in [-0.4, -0.2) is 43.3 Å². The molecule has 1 amide bonds. The highest BCUT2D eigenvalue weighted by atomic mass is 16.7. The number of hydrogen-bond acceptors (Lipinski definition) is 5. The molecular weight excluding hydrogens is 524 g/mol. The molecule has 4 aliphatic rings. The van der Waals surface area contributed by atoms with E-state index in [-0.39, 0.29) is 29.8 Å². The zero-order chi connectivity index (χ0) is 28.3. The number of ether oxygens (including phenoxy) is 3. The topological polar surface area (TPSA) is 48.0 Å². The molecule has 42 heavy (non-hydrogen) atoms. The third kappa shape index (κ3) is 3.75. The number of likely N-dealkylation sites (tertiary alicyclic amines) is 1. The predicted molar refractivity (Wildman–Crippen MR) is 160 cm³/mol. The molecule has 1 fully saturated rings. The molecule has 8 rings (SSSR count). The van der Waals surface area contributed by atoms with Crippen molar-refractivity contribution in [1.82, 2.24) is 9.38 Å². The standard InChI is InChI=1S/C36H33N2O4/c1-25-11-13-27(14-12-25)22-38(28-15-17-37(18-16-28)21-26-7-3-2-4-8-26)31-10-6-5-9-29(31)36(35(38)39)23-40-32-20-34-33(19-30(32)36)41-24-42-34/h1-14,19-20,28H,15-18,21-24H2/q+1. The summed E-state index contributed by atoms with van der Waals surface area (Å²) in [6.45, 7) is 9.89. The first-order chi connectivity index (χ1) is 20.6. The Morgan fingerprint density at radius 3 is 2.29 bits per heavy atom. The Bertz CT molecular complexity index is 1660. The lowest BCUT2D eigenvalue weighted by Crippen LogP contribution is -2.64. The van der Waals surface area contributed by atoms with Gasteiger partial charge < -0.3 is 14.2 Å². The van der Waals surface area contributed by atoms with Crippen LogP contribution in [0.2, 0.25) is 0 Å². The van der Waals surface area contributed by atoms with E-state index >= 15 is 4.79 Å². The van der Waals surface area contributed by atoms with Gasteiger partial charge in [-0.1, -0.05) is 72.8 Å². The number of fused-ring (bicyclic) bond motifs is 5. The van der Waals surface area contributed by atoms with Crippen LogP contribution in [-0.2, 0) is 23.3 Å². The molecule has 0 aliphatic carbocycles. The minimum absolute atomic E-state index is 0.126. The van der Waals surface area contributed by atoms with Crippen LogP contribution in [0.3, 0.4) is 0 Å². The van der Waals surface area contributed by atoms with Crippen LogP contribution >= 0.6 is 0 Å². The summed E-state index contributed by atoms with van der Waals surface area (Å²) in [4.78, 5) is 18.0. The van der Waals surface area contributed by atoms with Crippen LogP contribution in [0, 0.1) is 6.92 Å². The number of piperidine rings is 1. The lowest BCUT2D eigenvalue weighted by atomic mass is 9.76. The molecule has 6 nitrogen and oxygen atoms in total. The molecule has 2 atom stereocenters. The Kier molecular flexibility index (Phi) is 5.92. The number of carbonyl (C=O) groups is 1. The Morgan fingerprint density at radius 1 is 0.786 bits per heavy atom. The highest BCUT2D eigenvalue weighted by molar-refractivity contribution is 6.08. The van der Waals surface area contributed by atoms with Gasteiger partial charge in [0.15, 0.2) is 16.9 Å². The third-order valence-electron chi connectivity index (χ3n) is 9.74. The number of quaternary nitrogens is 1. The Balaban J connectivity index is 1.23. The van der Waals surface area contributed by atoms with Crippen LogP contribution in [0.25, 0.3) is 0 Å². The maximum atomic E-state index is 15.5. The number of para-hydroxylation sites is 1. The van der Waals surface area contributed by atoms with Gasteiger partial charge in [-0.25, -0.2) is 9.28 Å². The second-order valence-corrected chi connectivity index (χ2v) is 12.0. The summed E-state index contributed by atoms with van der Waals surface area (Å²) in [5.74, 6) is 2.21. The molecule has 6 heteroatoms. The molecule has 210 valence electrons. The molecule has 0 aromatic heterocycles. The predicted octanol–water partition coefficient (Wildman–Crippen LogP) is 5.87. The van der Waals surface area contributed by atoms with E-state index in [1.165, 1.54) is 5.56 Å². The van der Waals surface area contributed by atoms with Crippen LogP contribution in [0.4, 0.5) is 5.69 Å². The molecule has 0 N–H and O–H groups in total. The van der Waals surface area contributed by atoms with Gasteiger partial charge in [-0.3, -0.25) is 4.90 Å². The zero-order valence-electron chi connectivity index (χ0n) is 23.5. The first-order valence-corrected chi connectivity index (χ1v) is 14.8. The summed E-state index contributed by atoms with van der Waals surface area (Å²) >= 11 is 0. The van der Waals surface area contributed by atoms with Gasteiger partial charge in [0.2, 0.25) is 6.79 Å². The fraction of sp³-hybridized carbons (Fsp3) is 0.278. The van der Waals surface area contributed by atoms with Crippen molar-refractivity contribution < 1.29 is 19.0 Å². The largest absolute Gasteiger partial charge is 0.491 e. The lowest BCUT2D eigenvalue weighted by Gasteiger charge is -2.44. The second-order valence-electron chi connectivity index (χ2n) is 12.0. The molecule has 4 heterocycles. The summed E-state index contributed by atoms with van der Waals surface area (Å²) in [5.41, 5.74) is 5.22. The lowest BCUT2D eigenvalue weighted by molar-refractivity contribution is -0.137. The molecule has 0 saturated carbocycles. The Hall–Kier alpha value is -4.13. The average molecular weight is 558 g/mol. The summed E-state index contributed by atoms with van der Waals surface area (Å²) in [7, 11) is 0. The summed E-state index contributed by atoms with van der Waals surface area (Å²) in [6.07, 6.45) is 1.85. The van der Waals surface area contributed by atoms with Gasteiger partial charge >= 0.3 is 5.91 Å². The van der Waals surface area contributed by atoms with Gasteiger partial charge in [0.25, 0.3) is 0 Å². The van der Waals surface area contributed by atoms with Crippen molar-refractivity contribution in [3.8, 4) is 17.2 Å². The van der Waals surface area contributed by atoms with Crippen LogP contribution in [0.5, 0.6) is 17.2 Å². The average Bonchev–Trinajstić information content (AvgIpc) is 3.70. The quantitative estimate of drug-likeness (QED) is 0.288. The minimum Gasteiger partial charge on any atom is -0.491 e. The molecule has 4 aromatic carbocycles. The number of benzene rings is 4. The highest BCUT2D eigenvalue weighted by Crippen LogP contribution is 2.59. The molecule has 4 aliphatic heterocycles. The Morgan fingerprint density at radius 2 is 1.50 bits per heavy atom. The molecular formula is C36H33N2O4+. The van der Waals surface area contributed by atoms with E-state index in [1.807, 2.05) is 30.3 Å². The van der Waals surface area contributed by atoms with Crippen molar-refractivity contribution in [1.29, 1.82) is 0 Å². The zero-order valence-corrected chi connectivity index (χ0v) is 23.5. The number of amides is 1. The number of nitrogens with zero attached hydrogens (tertiary/aromatic N) is 2. The van der Waals surface area contributed by atoms with Crippen LogP contribution < -0.4 is 18.7 Å². The second kappa shape index (κ2) is 9.72. The van der Waals surface area contributed by atoms with Gasteiger partial charge in [0, 0.05) is 55.2 Å². The molecule has 4 aromatic rings. The monoisotopic (exact) mass is 557 g/mol. The number of rotatable bonds is 5. The van der Waals surface area contributed by atoms with E-state index in [9.17, 15) is 0 Å². The van der Waals surface area contributed by atoms with Crippen LogP contribution in [0.1, 0.15) is 40.7 Å². The van der Waals surface area contributed by atoms with E-state index in [2.05, 4.69) is 65.6 Å². The van der Waals surface area contributed by atoms with Gasteiger partial charge in [0.05, 0.1) is 0 Å². The van der Waals surface area contributed by atoms with Crippen molar-refractivity contribution in [3.63, 3.8) is 0 Å². The molecule has 1 spiro atoms. The first kappa shape index (κ1) is 25.6. The van der Waals surface area contributed by atoms with Crippen molar-refractivity contribution in [2.45, 2.75) is 37.4 Å². The summed E-state index contributed by atoms with van der Waals surface area (Å²) < 4.78 is 18.0. The summed E-state index contributed by atoms with van der Waals surface area (Å²) in [6, 6.07) is 31.0. The van der Waals surface area contributed by atoms with E-state index in [0.29, 0.717) is 23.8 Å². The SMILES string of the molecule is [CH]c1ccc(C[N+]2(C3CCN(Cc4ccccc4)CC3)C(=O)C3(COc4cc5c(cc43)OCO5)c3ccccc32)cc1. The normalized spacial score (nSPS) is 24.5. The highest BCUT2D eigenvalue weighted by Gasteiger charge is 2.68. The molecule has 0 bridgehead atoms. The maximum Gasteiger partial charge on any atom is 0.338 e. The number of carbonyl (C=O) groups excluding carboxylic acids is 1. The fourth-order valence-electron chi connectivity index (χ4n) is 7.71.